The summed E-state index contributed by atoms with van der Waals surface area (Å²) in [6, 6.07) is 5.89. The first-order valence-electron chi connectivity index (χ1n) is 11.6. The van der Waals surface area contributed by atoms with Gasteiger partial charge in [0.1, 0.15) is 16.9 Å². The zero-order valence-electron chi connectivity index (χ0n) is 19.8. The molecule has 2 aromatic rings. The van der Waals surface area contributed by atoms with Gasteiger partial charge in [0.2, 0.25) is 5.91 Å². The summed E-state index contributed by atoms with van der Waals surface area (Å²) in [7, 11) is 0. The van der Waals surface area contributed by atoms with E-state index in [0.717, 1.165) is 31.6 Å². The highest BCUT2D eigenvalue weighted by Gasteiger charge is 2.28. The van der Waals surface area contributed by atoms with Crippen LogP contribution in [0.25, 0.3) is 11.3 Å². The van der Waals surface area contributed by atoms with Gasteiger partial charge in [-0.3, -0.25) is 9.59 Å². The fourth-order valence-corrected chi connectivity index (χ4v) is 5.14. The van der Waals surface area contributed by atoms with Crippen LogP contribution in [-0.4, -0.2) is 46.6 Å². The number of amides is 2. The van der Waals surface area contributed by atoms with Crippen LogP contribution in [0.5, 0.6) is 0 Å². The molecule has 2 aromatic heterocycles. The molecule has 0 spiro atoms. The number of hydrogen-bond donors (Lipinski definition) is 1. The molecule has 2 amide bonds. The Kier molecular flexibility index (Phi) is 8.56. The molecule has 1 fully saturated rings. The number of pyridine rings is 1. The molecule has 3 rings (SSSR count). The average molecular weight is 469 g/mol. The van der Waals surface area contributed by atoms with Gasteiger partial charge in [-0.05, 0) is 64.5 Å². The molecule has 1 aliphatic carbocycles. The molecule has 1 saturated carbocycles. The summed E-state index contributed by atoms with van der Waals surface area (Å²) < 4.78 is 5.61. The van der Waals surface area contributed by atoms with E-state index in [4.69, 9.17) is 4.42 Å². The number of thioether (sulfide) groups is 1. The maximum absolute atomic E-state index is 13.3. The molecule has 1 aliphatic rings. The number of furan rings is 1. The van der Waals surface area contributed by atoms with Gasteiger partial charge in [0.05, 0.1) is 34.4 Å². The number of rotatable bonds is 8. The van der Waals surface area contributed by atoms with Crippen molar-refractivity contribution in [1.29, 1.82) is 5.26 Å². The van der Waals surface area contributed by atoms with E-state index in [9.17, 15) is 14.9 Å². The van der Waals surface area contributed by atoms with E-state index in [-0.39, 0.29) is 29.2 Å². The second kappa shape index (κ2) is 11.4. The van der Waals surface area contributed by atoms with Gasteiger partial charge in [-0.2, -0.15) is 5.26 Å². The Labute approximate surface area is 199 Å². The van der Waals surface area contributed by atoms with Gasteiger partial charge in [0, 0.05) is 19.1 Å². The Morgan fingerprint density at radius 2 is 1.97 bits per heavy atom. The Hall–Kier alpha value is -2.79. The topological polar surface area (TPSA) is 99.2 Å². The van der Waals surface area contributed by atoms with Crippen molar-refractivity contribution >= 4 is 23.6 Å². The highest BCUT2D eigenvalue weighted by atomic mass is 32.2. The smallest absolute Gasteiger partial charge is 0.256 e. The Bertz CT molecular complexity index is 1020. The largest absolute Gasteiger partial charge is 0.464 e. The molecule has 0 unspecified atom stereocenters. The Balaban J connectivity index is 1.89. The van der Waals surface area contributed by atoms with E-state index in [2.05, 4.69) is 23.3 Å². The van der Waals surface area contributed by atoms with Crippen molar-refractivity contribution in [2.24, 2.45) is 5.92 Å². The summed E-state index contributed by atoms with van der Waals surface area (Å²) in [5.41, 5.74) is 1.59. The maximum atomic E-state index is 13.3. The van der Waals surface area contributed by atoms with Gasteiger partial charge in [-0.1, -0.05) is 18.7 Å². The third-order valence-corrected chi connectivity index (χ3v) is 7.19. The third kappa shape index (κ3) is 5.77. The Morgan fingerprint density at radius 3 is 2.55 bits per heavy atom. The molecule has 2 heterocycles. The molecular weight excluding hydrogens is 436 g/mol. The van der Waals surface area contributed by atoms with Crippen molar-refractivity contribution in [2.45, 2.75) is 64.4 Å². The molecule has 0 atom stereocenters. The summed E-state index contributed by atoms with van der Waals surface area (Å²) in [5.74, 6) is 1.07. The zero-order chi connectivity index (χ0) is 24.0. The van der Waals surface area contributed by atoms with Crippen LogP contribution in [0.3, 0.4) is 0 Å². The van der Waals surface area contributed by atoms with Crippen molar-refractivity contribution in [2.75, 3.05) is 18.8 Å². The van der Waals surface area contributed by atoms with Gasteiger partial charge >= 0.3 is 0 Å². The van der Waals surface area contributed by atoms with Crippen molar-refractivity contribution in [1.82, 2.24) is 15.2 Å². The van der Waals surface area contributed by atoms with E-state index in [1.807, 2.05) is 13.8 Å². The van der Waals surface area contributed by atoms with E-state index in [1.165, 1.54) is 18.0 Å². The summed E-state index contributed by atoms with van der Waals surface area (Å²) in [6.07, 6.45) is 5.79. The van der Waals surface area contributed by atoms with Crippen LogP contribution in [0, 0.1) is 24.2 Å². The summed E-state index contributed by atoms with van der Waals surface area (Å²) in [6.45, 7) is 8.93. The highest BCUT2D eigenvalue weighted by molar-refractivity contribution is 8.00. The van der Waals surface area contributed by atoms with Crippen molar-refractivity contribution < 1.29 is 14.0 Å². The van der Waals surface area contributed by atoms with Crippen molar-refractivity contribution in [3.8, 4) is 17.4 Å². The lowest BCUT2D eigenvalue weighted by Gasteiger charge is -2.26. The zero-order valence-corrected chi connectivity index (χ0v) is 20.6. The van der Waals surface area contributed by atoms with Crippen molar-refractivity contribution in [3.05, 3.63) is 35.2 Å². The third-order valence-electron chi connectivity index (χ3n) is 6.21. The summed E-state index contributed by atoms with van der Waals surface area (Å²) in [4.78, 5) is 32.2. The molecular formula is C25H32N4O3S. The quantitative estimate of drug-likeness (QED) is 0.559. The van der Waals surface area contributed by atoms with Crippen LogP contribution in [0.1, 0.15) is 68.1 Å². The monoisotopic (exact) mass is 468 g/mol. The number of nitrogens with zero attached hydrogens (tertiary/aromatic N) is 3. The minimum atomic E-state index is -0.186. The predicted octanol–water partition coefficient (Wildman–Crippen LogP) is 4.79. The van der Waals surface area contributed by atoms with Crippen LogP contribution in [-0.2, 0) is 4.79 Å². The predicted molar refractivity (Wildman–Crippen MR) is 129 cm³/mol. The van der Waals surface area contributed by atoms with E-state index in [0.29, 0.717) is 40.7 Å². The molecule has 0 saturated heterocycles. The maximum Gasteiger partial charge on any atom is 0.256 e. The minimum absolute atomic E-state index is 0.0641. The molecule has 8 heteroatoms. The standard InChI is InChI=1S/C25H32N4O3S/c1-5-29(6-2)25(31)22-17(4)27-24(19(14-26)23(22)20-8-7-13-32-20)33-15-21(30)28-18-11-9-16(3)10-12-18/h7-8,13,16,18H,5-6,9-12,15H2,1-4H3,(H,28,30). The lowest BCUT2D eigenvalue weighted by molar-refractivity contribution is -0.119. The van der Waals surface area contributed by atoms with Crippen LogP contribution in [0.2, 0.25) is 0 Å². The molecule has 176 valence electrons. The lowest BCUT2D eigenvalue weighted by Crippen LogP contribution is -2.38. The number of aromatic nitrogens is 1. The molecule has 0 radical (unpaired) electrons. The number of nitrogens with one attached hydrogen (secondary N) is 1. The van der Waals surface area contributed by atoms with Crippen molar-refractivity contribution in [3.63, 3.8) is 0 Å². The van der Waals surface area contributed by atoms with Crippen LogP contribution in [0.15, 0.2) is 27.8 Å². The molecule has 0 aliphatic heterocycles. The number of nitriles is 1. The SMILES string of the molecule is CCN(CC)C(=O)c1c(C)nc(SCC(=O)NC2CCC(C)CC2)c(C#N)c1-c1ccco1. The fourth-order valence-electron chi connectivity index (χ4n) is 4.29. The molecule has 0 bridgehead atoms. The van der Waals surface area contributed by atoms with Gasteiger partial charge in [0.15, 0.2) is 0 Å². The van der Waals surface area contributed by atoms with E-state index < -0.39 is 0 Å². The molecule has 0 aromatic carbocycles. The first kappa shape index (κ1) is 24.8. The summed E-state index contributed by atoms with van der Waals surface area (Å²) in [5, 5.41) is 13.6. The summed E-state index contributed by atoms with van der Waals surface area (Å²) >= 11 is 1.22. The second-order valence-corrected chi connectivity index (χ2v) is 9.47. The van der Waals surface area contributed by atoms with Gasteiger partial charge in [-0.15, -0.1) is 0 Å². The molecule has 1 N–H and O–H groups in total. The van der Waals surface area contributed by atoms with E-state index >= 15 is 0 Å². The fraction of sp³-hybridized carbons (Fsp3) is 0.520. The first-order valence-corrected chi connectivity index (χ1v) is 12.6. The molecule has 7 nitrogen and oxygen atoms in total. The Morgan fingerprint density at radius 1 is 1.27 bits per heavy atom. The van der Waals surface area contributed by atoms with Crippen LogP contribution < -0.4 is 5.32 Å². The normalized spacial score (nSPS) is 17.9. The number of carbonyl (C=O) groups is 2. The minimum Gasteiger partial charge on any atom is -0.464 e. The number of hydrogen-bond acceptors (Lipinski definition) is 6. The lowest BCUT2D eigenvalue weighted by atomic mass is 9.87. The number of carbonyl (C=O) groups excluding carboxylic acids is 2. The molecule has 33 heavy (non-hydrogen) atoms. The second-order valence-electron chi connectivity index (χ2n) is 8.51. The number of aryl methyl sites for hydroxylation is 1. The van der Waals surface area contributed by atoms with Crippen LogP contribution >= 0.6 is 11.8 Å². The average Bonchev–Trinajstić information content (AvgIpc) is 3.34. The van der Waals surface area contributed by atoms with Gasteiger partial charge in [-0.25, -0.2) is 4.98 Å². The van der Waals surface area contributed by atoms with Gasteiger partial charge in [0.25, 0.3) is 5.91 Å². The van der Waals surface area contributed by atoms with E-state index in [1.54, 1.807) is 24.0 Å². The first-order chi connectivity index (χ1) is 15.9. The van der Waals surface area contributed by atoms with Crippen LogP contribution in [0.4, 0.5) is 0 Å². The highest BCUT2D eigenvalue weighted by Crippen LogP contribution is 2.36. The van der Waals surface area contributed by atoms with Gasteiger partial charge < -0.3 is 14.6 Å².